The lowest BCUT2D eigenvalue weighted by Crippen LogP contribution is -2.86. The first kappa shape index (κ1) is 37.1. The van der Waals surface area contributed by atoms with Gasteiger partial charge in [0.05, 0.1) is 23.3 Å². The van der Waals surface area contributed by atoms with E-state index in [-0.39, 0.29) is 0 Å². The molecular weight excluding hydrogens is 657 g/mol. The highest BCUT2D eigenvalue weighted by atomic mass is 19.2. The smallest absolute Gasteiger partial charge is 0.183 e. The second-order valence-corrected chi connectivity index (χ2v) is 13.7. The molecular formula is C40H40BF8N. The summed E-state index contributed by atoms with van der Waals surface area (Å²) in [5.74, 6) is -4.59. The van der Waals surface area contributed by atoms with Crippen LogP contribution in [0.3, 0.4) is 0 Å². The number of rotatable bonds is 8. The summed E-state index contributed by atoms with van der Waals surface area (Å²) < 4.78 is 126. The molecule has 0 saturated carbocycles. The van der Waals surface area contributed by atoms with E-state index in [1.54, 1.807) is 0 Å². The zero-order valence-corrected chi connectivity index (χ0v) is 28.0. The van der Waals surface area contributed by atoms with Crippen molar-refractivity contribution in [3.05, 3.63) is 167 Å². The minimum absolute atomic E-state index is 0.609. The summed E-state index contributed by atoms with van der Waals surface area (Å²) >= 11 is 0. The highest BCUT2D eigenvalue weighted by molar-refractivity contribution is 6.92. The van der Waals surface area contributed by atoms with Gasteiger partial charge in [-0.15, -0.1) is 0 Å². The lowest BCUT2D eigenvalue weighted by molar-refractivity contribution is -0.686. The van der Waals surface area contributed by atoms with Crippen LogP contribution >= 0.6 is 0 Å². The molecule has 0 heterocycles. The van der Waals surface area contributed by atoms with Gasteiger partial charge in [-0.3, -0.25) is 17.6 Å². The molecule has 2 aromatic carbocycles. The largest absolute Gasteiger partial charge is 0.339 e. The molecule has 4 aliphatic carbocycles. The molecule has 50 heavy (non-hydrogen) atoms. The number of hydrogen-bond donors (Lipinski definition) is 1. The molecule has 4 atom stereocenters. The molecule has 2 aromatic rings. The molecule has 1 nitrogen and oxygen atoms in total. The maximum absolute atomic E-state index is 17.0. The SMILES string of the molecule is Cc1ccccc1C[NH2+]Cc1ccccc1C.FC1=CC=CC(F)([B-](C2(F)C=CC=C(F)C2)(C2(F)C=CC=C(F)C2)C2(F)C=CC=C(F)C2)C1. The van der Waals surface area contributed by atoms with Crippen LogP contribution in [0.25, 0.3) is 0 Å². The fraction of sp³-hybridized carbons (Fsp3) is 0.300. The predicted molar refractivity (Wildman–Crippen MR) is 185 cm³/mol. The van der Waals surface area contributed by atoms with Gasteiger partial charge in [0.25, 0.3) is 0 Å². The van der Waals surface area contributed by atoms with Crippen molar-refractivity contribution >= 4 is 6.15 Å². The topological polar surface area (TPSA) is 16.6 Å². The Morgan fingerprint density at radius 3 is 1.04 bits per heavy atom. The Bertz CT molecular complexity index is 1620. The van der Waals surface area contributed by atoms with Crippen LogP contribution in [0, 0.1) is 13.8 Å². The van der Waals surface area contributed by atoms with Gasteiger partial charge in [0.1, 0.15) is 13.1 Å². The Morgan fingerprint density at radius 2 is 0.780 bits per heavy atom. The van der Waals surface area contributed by atoms with E-state index in [0.29, 0.717) is 24.3 Å². The molecule has 6 rings (SSSR count). The van der Waals surface area contributed by atoms with Crippen LogP contribution in [0.15, 0.2) is 145 Å². The van der Waals surface area contributed by atoms with Gasteiger partial charge in [-0.05, 0) is 49.3 Å². The van der Waals surface area contributed by atoms with Crippen molar-refractivity contribution in [2.45, 2.75) is 74.9 Å². The summed E-state index contributed by atoms with van der Waals surface area (Å²) in [5.41, 5.74) is -8.14. The van der Waals surface area contributed by atoms with Gasteiger partial charge in [0.15, 0.2) is 6.15 Å². The lowest BCUT2D eigenvalue weighted by atomic mass is 8.99. The maximum Gasteiger partial charge on any atom is 0.183 e. The molecule has 0 spiro atoms. The van der Waals surface area contributed by atoms with Gasteiger partial charge in [0, 0.05) is 59.1 Å². The van der Waals surface area contributed by atoms with Crippen molar-refractivity contribution in [2.24, 2.45) is 0 Å². The zero-order chi connectivity index (χ0) is 36.2. The van der Waals surface area contributed by atoms with Gasteiger partial charge in [-0.1, -0.05) is 97.1 Å². The second-order valence-electron chi connectivity index (χ2n) is 13.7. The third-order valence-corrected chi connectivity index (χ3v) is 10.5. The molecule has 10 heteroatoms. The van der Waals surface area contributed by atoms with Gasteiger partial charge in [-0.25, -0.2) is 17.6 Å². The summed E-state index contributed by atoms with van der Waals surface area (Å²) in [6.45, 7) is 6.47. The van der Waals surface area contributed by atoms with Crippen molar-refractivity contribution in [1.29, 1.82) is 0 Å². The first-order chi connectivity index (χ1) is 23.7. The van der Waals surface area contributed by atoms with Crippen LogP contribution < -0.4 is 5.32 Å². The van der Waals surface area contributed by atoms with E-state index in [1.165, 1.54) is 22.3 Å². The number of halogens is 8. The normalized spacial score (nSPS) is 30.0. The molecule has 0 aromatic heterocycles. The lowest BCUT2D eigenvalue weighted by Gasteiger charge is -2.68. The van der Waals surface area contributed by atoms with E-state index in [4.69, 9.17) is 0 Å². The average molecular weight is 698 g/mol. The second kappa shape index (κ2) is 14.6. The third-order valence-electron chi connectivity index (χ3n) is 10.5. The molecule has 0 saturated heterocycles. The number of benzene rings is 2. The number of quaternary nitrogens is 1. The fourth-order valence-electron chi connectivity index (χ4n) is 8.40. The van der Waals surface area contributed by atoms with Crippen molar-refractivity contribution in [1.82, 2.24) is 0 Å². The molecule has 0 aliphatic heterocycles. The number of aryl methyl sites for hydroxylation is 2. The minimum atomic E-state index is -4.72. The summed E-state index contributed by atoms with van der Waals surface area (Å²) in [4.78, 5) is 0. The summed E-state index contributed by atoms with van der Waals surface area (Å²) in [5, 5.41) is 2.37. The van der Waals surface area contributed by atoms with Gasteiger partial charge in [0.2, 0.25) is 0 Å². The van der Waals surface area contributed by atoms with Crippen molar-refractivity contribution in [2.75, 3.05) is 0 Å². The maximum atomic E-state index is 17.0. The van der Waals surface area contributed by atoms with E-state index in [2.05, 4.69) is 67.7 Å². The number of allylic oxidation sites excluding steroid dienone is 16. The molecule has 4 unspecified atom stereocenters. The van der Waals surface area contributed by atoms with E-state index < -0.39 is 77.4 Å². The van der Waals surface area contributed by atoms with Crippen molar-refractivity contribution in [3.63, 3.8) is 0 Å². The molecule has 4 aliphatic rings. The van der Waals surface area contributed by atoms with Crippen molar-refractivity contribution in [3.8, 4) is 0 Å². The van der Waals surface area contributed by atoms with Gasteiger partial charge < -0.3 is 5.32 Å². The predicted octanol–water partition coefficient (Wildman–Crippen LogP) is 10.2. The highest BCUT2D eigenvalue weighted by Gasteiger charge is 2.76. The number of hydrogen-bond acceptors (Lipinski definition) is 0. The molecule has 0 amide bonds. The summed E-state index contributed by atoms with van der Waals surface area (Å²) in [7, 11) is 0. The van der Waals surface area contributed by atoms with Crippen LogP contribution in [0.4, 0.5) is 35.1 Å². The number of nitrogens with two attached hydrogens (primary N) is 1. The first-order valence-corrected chi connectivity index (χ1v) is 16.6. The van der Waals surface area contributed by atoms with Crippen LogP contribution in [-0.4, -0.2) is 28.4 Å². The Balaban J connectivity index is 0.000000240. The van der Waals surface area contributed by atoms with Gasteiger partial charge in [-0.2, -0.15) is 0 Å². The van der Waals surface area contributed by atoms with E-state index in [0.717, 1.165) is 61.7 Å². The van der Waals surface area contributed by atoms with Crippen molar-refractivity contribution < 1.29 is 40.4 Å². The molecule has 0 bridgehead atoms. The quantitative estimate of drug-likeness (QED) is 0.209. The molecule has 0 radical (unpaired) electrons. The summed E-state index contributed by atoms with van der Waals surface area (Å²) in [6.07, 6.45) is -0.745. The Labute approximate surface area is 288 Å². The highest BCUT2D eigenvalue weighted by Crippen LogP contribution is 2.62. The van der Waals surface area contributed by atoms with Gasteiger partial charge >= 0.3 is 0 Å². The molecule has 264 valence electrons. The number of alkyl halides is 4. The standard InChI is InChI=1S/C24H20BF8.C16H19N/c26-17-5-1-9-21(30,13-17)25(22(31)10-2-6-18(27)14-22,23(32)11-3-7-19(28)15-23)24(33)12-4-8-20(29)16-24;1-13-7-3-5-9-15(13)11-17-12-16-10-6-4-8-14(16)2/h1-12H,13-16H2;3-10,17H,11-12H2,1-2H3/q-1;/p+1. The summed E-state index contributed by atoms with van der Waals surface area (Å²) in [6, 6.07) is 17.2. The minimum Gasteiger partial charge on any atom is -0.339 e. The zero-order valence-electron chi connectivity index (χ0n) is 28.0. The first-order valence-electron chi connectivity index (χ1n) is 16.6. The third kappa shape index (κ3) is 6.91. The van der Waals surface area contributed by atoms with E-state index in [1.807, 2.05) is 0 Å². The monoisotopic (exact) mass is 697 g/mol. The van der Waals surface area contributed by atoms with Crippen LogP contribution in [-0.2, 0) is 13.1 Å². The van der Waals surface area contributed by atoms with Crippen LogP contribution in [0.5, 0.6) is 0 Å². The fourth-order valence-corrected chi connectivity index (χ4v) is 8.40. The van der Waals surface area contributed by atoms with Crippen LogP contribution in [0.1, 0.15) is 47.9 Å². The molecule has 2 N–H and O–H groups in total. The van der Waals surface area contributed by atoms with E-state index in [9.17, 15) is 17.6 Å². The van der Waals surface area contributed by atoms with E-state index >= 15 is 17.6 Å². The van der Waals surface area contributed by atoms with Crippen LogP contribution in [0.2, 0.25) is 0 Å². The Kier molecular flexibility index (Phi) is 10.8. The average Bonchev–Trinajstić information content (AvgIpc) is 3.02. The Morgan fingerprint density at radius 1 is 0.500 bits per heavy atom. The molecule has 0 fully saturated rings. The Hall–Kier alpha value is -4.18.